The number of rotatable bonds is 4. The fraction of sp³-hybridized carbons (Fsp3) is 0.444. The first-order valence-corrected chi connectivity index (χ1v) is 8.15. The molecule has 0 amide bonds. The Morgan fingerprint density at radius 2 is 1.83 bits per heavy atom. The van der Waals surface area contributed by atoms with Crippen LogP contribution in [0.15, 0.2) is 36.7 Å². The molecule has 126 valence electrons. The summed E-state index contributed by atoms with van der Waals surface area (Å²) in [6.07, 6.45) is 3.71. The van der Waals surface area contributed by atoms with E-state index in [2.05, 4.69) is 66.3 Å². The number of hydrogen-bond donors (Lipinski definition) is 1. The zero-order valence-electron chi connectivity index (χ0n) is 14.9. The van der Waals surface area contributed by atoms with Gasteiger partial charge in [0.25, 0.3) is 0 Å². The van der Waals surface area contributed by atoms with Crippen LogP contribution in [0.2, 0.25) is 0 Å². The third-order valence-electron chi connectivity index (χ3n) is 4.09. The highest BCUT2D eigenvalue weighted by atomic mass is 15.4. The maximum absolute atomic E-state index is 4.66. The van der Waals surface area contributed by atoms with Gasteiger partial charge in [-0.1, -0.05) is 40.7 Å². The number of nitrogens with zero attached hydrogens (tertiary/aromatic N) is 5. The monoisotopic (exact) mass is 324 g/mol. The minimum absolute atomic E-state index is 0.0507. The Bertz CT molecular complexity index is 830. The number of anilines is 1. The molecule has 0 atom stereocenters. The molecule has 6 nitrogen and oxygen atoms in total. The van der Waals surface area contributed by atoms with Crippen LogP contribution in [-0.4, -0.2) is 31.3 Å². The average Bonchev–Trinajstić information content (AvgIpc) is 2.97. The van der Waals surface area contributed by atoms with Gasteiger partial charge in [0.15, 0.2) is 11.5 Å². The molecule has 0 radical (unpaired) electrons. The molecule has 6 heteroatoms. The van der Waals surface area contributed by atoms with E-state index in [1.54, 1.807) is 6.20 Å². The van der Waals surface area contributed by atoms with E-state index in [-0.39, 0.29) is 10.8 Å². The predicted molar refractivity (Wildman–Crippen MR) is 95.2 cm³/mol. The molecule has 0 unspecified atom stereocenters. The number of fused-ring (bicyclic) bond motifs is 1. The van der Waals surface area contributed by atoms with Gasteiger partial charge in [-0.05, 0) is 23.8 Å². The summed E-state index contributed by atoms with van der Waals surface area (Å²) in [5.74, 6) is 1.66. The van der Waals surface area contributed by atoms with Crippen molar-refractivity contribution in [2.75, 3.05) is 11.9 Å². The lowest BCUT2D eigenvalue weighted by molar-refractivity contribution is 0.525. The van der Waals surface area contributed by atoms with Crippen molar-refractivity contribution in [3.63, 3.8) is 0 Å². The maximum Gasteiger partial charge on any atom is 0.178 e. The molecule has 0 aliphatic rings. The summed E-state index contributed by atoms with van der Waals surface area (Å²) in [5, 5.41) is 16.6. The number of pyridine rings is 1. The topological polar surface area (TPSA) is 68.0 Å². The van der Waals surface area contributed by atoms with E-state index < -0.39 is 0 Å². The largest absolute Gasteiger partial charge is 0.368 e. The first-order valence-electron chi connectivity index (χ1n) is 8.15. The zero-order chi connectivity index (χ0) is 17.4. The standard InChI is InChI=1S/C18H24N6/c1-17(2,3)16-22-21-15-9-8-14(23-24(15)16)20-12-18(4,5)13-7-6-10-19-11-13/h6-11H,12H2,1-5H3,(H,20,23). The summed E-state index contributed by atoms with van der Waals surface area (Å²) in [6, 6.07) is 7.95. The summed E-state index contributed by atoms with van der Waals surface area (Å²) in [4.78, 5) is 4.21. The molecule has 0 fully saturated rings. The Kier molecular flexibility index (Phi) is 3.99. The van der Waals surface area contributed by atoms with E-state index in [4.69, 9.17) is 0 Å². The van der Waals surface area contributed by atoms with Crippen molar-refractivity contribution in [2.45, 2.75) is 45.4 Å². The second-order valence-electron chi connectivity index (χ2n) is 7.74. The van der Waals surface area contributed by atoms with Crippen LogP contribution in [0.4, 0.5) is 5.82 Å². The molecule has 24 heavy (non-hydrogen) atoms. The third-order valence-corrected chi connectivity index (χ3v) is 4.09. The highest BCUT2D eigenvalue weighted by Crippen LogP contribution is 2.23. The third kappa shape index (κ3) is 3.22. The average molecular weight is 324 g/mol. The Hall–Kier alpha value is -2.50. The highest BCUT2D eigenvalue weighted by molar-refractivity contribution is 5.45. The minimum atomic E-state index is -0.111. The molecule has 0 saturated carbocycles. The van der Waals surface area contributed by atoms with Crippen molar-refractivity contribution < 1.29 is 0 Å². The van der Waals surface area contributed by atoms with Crippen molar-refractivity contribution in [3.05, 3.63) is 48.0 Å². The lowest BCUT2D eigenvalue weighted by atomic mass is 9.86. The maximum atomic E-state index is 4.66. The number of hydrogen-bond acceptors (Lipinski definition) is 5. The molecule has 0 aliphatic carbocycles. The van der Waals surface area contributed by atoms with Gasteiger partial charge in [-0.15, -0.1) is 15.3 Å². The van der Waals surface area contributed by atoms with E-state index in [9.17, 15) is 0 Å². The molecule has 0 saturated heterocycles. The normalized spacial score (nSPS) is 12.5. The summed E-state index contributed by atoms with van der Waals surface area (Å²) >= 11 is 0. The summed E-state index contributed by atoms with van der Waals surface area (Å²) in [6.45, 7) is 11.5. The van der Waals surface area contributed by atoms with Crippen molar-refractivity contribution >= 4 is 11.5 Å². The molecule has 3 heterocycles. The minimum Gasteiger partial charge on any atom is -0.368 e. The van der Waals surface area contributed by atoms with Crippen LogP contribution in [0, 0.1) is 0 Å². The van der Waals surface area contributed by atoms with Gasteiger partial charge >= 0.3 is 0 Å². The smallest absolute Gasteiger partial charge is 0.178 e. The molecule has 3 aromatic rings. The SMILES string of the molecule is CC(C)(C)c1nnc2ccc(NCC(C)(C)c3cccnc3)nn12. The quantitative estimate of drug-likeness (QED) is 0.798. The molecule has 0 bridgehead atoms. The molecule has 0 spiro atoms. The van der Waals surface area contributed by atoms with Crippen molar-refractivity contribution in [1.29, 1.82) is 0 Å². The van der Waals surface area contributed by atoms with E-state index in [0.717, 1.165) is 23.8 Å². The fourth-order valence-electron chi connectivity index (χ4n) is 2.53. The Labute approximate surface area is 142 Å². The van der Waals surface area contributed by atoms with Crippen LogP contribution >= 0.6 is 0 Å². The van der Waals surface area contributed by atoms with Gasteiger partial charge in [0, 0.05) is 29.8 Å². The van der Waals surface area contributed by atoms with Crippen molar-refractivity contribution in [2.24, 2.45) is 0 Å². The lowest BCUT2D eigenvalue weighted by Gasteiger charge is -2.25. The second-order valence-corrected chi connectivity index (χ2v) is 7.74. The van der Waals surface area contributed by atoms with Gasteiger partial charge in [0.1, 0.15) is 5.82 Å². The number of nitrogens with one attached hydrogen (secondary N) is 1. The van der Waals surface area contributed by atoms with Crippen LogP contribution in [0.25, 0.3) is 5.65 Å². The Balaban J connectivity index is 1.83. The Morgan fingerprint density at radius 3 is 2.50 bits per heavy atom. The highest BCUT2D eigenvalue weighted by Gasteiger charge is 2.23. The van der Waals surface area contributed by atoms with E-state index in [1.165, 1.54) is 5.56 Å². The van der Waals surface area contributed by atoms with Crippen LogP contribution in [0.5, 0.6) is 0 Å². The van der Waals surface area contributed by atoms with Crippen molar-refractivity contribution in [3.8, 4) is 0 Å². The van der Waals surface area contributed by atoms with Gasteiger partial charge in [0.05, 0.1) is 0 Å². The second kappa shape index (κ2) is 5.85. The predicted octanol–water partition coefficient (Wildman–Crippen LogP) is 3.21. The lowest BCUT2D eigenvalue weighted by Crippen LogP contribution is -2.28. The zero-order valence-corrected chi connectivity index (χ0v) is 14.9. The molecule has 0 aromatic carbocycles. The van der Waals surface area contributed by atoms with Gasteiger partial charge in [0.2, 0.25) is 0 Å². The first kappa shape index (κ1) is 16.4. The van der Waals surface area contributed by atoms with E-state index in [1.807, 2.05) is 28.9 Å². The Morgan fingerprint density at radius 1 is 1.04 bits per heavy atom. The molecule has 1 N–H and O–H groups in total. The molecule has 3 aromatic heterocycles. The number of aromatic nitrogens is 5. The molecule has 0 aliphatic heterocycles. The van der Waals surface area contributed by atoms with Crippen LogP contribution in [0.1, 0.15) is 46.0 Å². The van der Waals surface area contributed by atoms with Crippen LogP contribution < -0.4 is 5.32 Å². The first-order chi connectivity index (χ1) is 11.3. The van der Waals surface area contributed by atoms with Gasteiger partial charge < -0.3 is 5.32 Å². The molecule has 3 rings (SSSR count). The van der Waals surface area contributed by atoms with Crippen molar-refractivity contribution in [1.82, 2.24) is 24.8 Å². The molecular weight excluding hydrogens is 300 g/mol. The van der Waals surface area contributed by atoms with Gasteiger partial charge in [-0.2, -0.15) is 4.52 Å². The summed E-state index contributed by atoms with van der Waals surface area (Å²) in [7, 11) is 0. The van der Waals surface area contributed by atoms with E-state index >= 15 is 0 Å². The fourth-order valence-corrected chi connectivity index (χ4v) is 2.53. The van der Waals surface area contributed by atoms with Gasteiger partial charge in [-0.25, -0.2) is 0 Å². The summed E-state index contributed by atoms with van der Waals surface area (Å²) < 4.78 is 1.82. The van der Waals surface area contributed by atoms with E-state index in [0.29, 0.717) is 0 Å². The molecular formula is C18H24N6. The van der Waals surface area contributed by atoms with Crippen LogP contribution in [-0.2, 0) is 10.8 Å². The van der Waals surface area contributed by atoms with Gasteiger partial charge in [-0.3, -0.25) is 4.98 Å². The summed E-state index contributed by atoms with van der Waals surface area (Å²) in [5.41, 5.74) is 1.79. The van der Waals surface area contributed by atoms with Crippen LogP contribution in [0.3, 0.4) is 0 Å².